The van der Waals surface area contributed by atoms with Crippen LogP contribution in [0.25, 0.3) is 0 Å². The third-order valence-corrected chi connectivity index (χ3v) is 3.28. The maximum atomic E-state index is 5.82. The van der Waals surface area contributed by atoms with E-state index in [1.807, 2.05) is 24.3 Å². The molecular formula is C15H22ClN3O. The Bertz CT molecular complexity index is 429. The number of ether oxygens (including phenoxy) is 1. The standard InChI is InChI=1S/C15H22ClN3O/c1-2-17-15(19-11-12-3-4-12)18-9-10-20-14-7-5-13(16)6-8-14/h5-8,12H,2-4,9-11H2,1H3,(H2,17,18,19). The third-order valence-electron chi connectivity index (χ3n) is 3.03. The molecule has 110 valence electrons. The van der Waals surface area contributed by atoms with Crippen LogP contribution in [0.3, 0.4) is 0 Å². The second-order valence-corrected chi connectivity index (χ2v) is 5.33. The van der Waals surface area contributed by atoms with Gasteiger partial charge >= 0.3 is 0 Å². The number of guanidine groups is 1. The van der Waals surface area contributed by atoms with Crippen molar-refractivity contribution in [3.63, 3.8) is 0 Å². The molecule has 0 radical (unpaired) electrons. The summed E-state index contributed by atoms with van der Waals surface area (Å²) in [5.74, 6) is 2.51. The van der Waals surface area contributed by atoms with Crippen LogP contribution in [-0.2, 0) is 0 Å². The molecule has 0 unspecified atom stereocenters. The SMILES string of the molecule is CCNC(=NCC1CC1)NCCOc1ccc(Cl)cc1. The molecule has 1 aliphatic rings. The lowest BCUT2D eigenvalue weighted by atomic mass is 10.3. The molecule has 0 saturated heterocycles. The van der Waals surface area contributed by atoms with E-state index in [-0.39, 0.29) is 0 Å². The van der Waals surface area contributed by atoms with Gasteiger partial charge in [-0.1, -0.05) is 11.6 Å². The zero-order valence-corrected chi connectivity index (χ0v) is 12.6. The smallest absolute Gasteiger partial charge is 0.191 e. The lowest BCUT2D eigenvalue weighted by Crippen LogP contribution is -2.39. The summed E-state index contributed by atoms with van der Waals surface area (Å²) in [4.78, 5) is 4.55. The van der Waals surface area contributed by atoms with Crippen LogP contribution in [0.4, 0.5) is 0 Å². The molecule has 2 N–H and O–H groups in total. The van der Waals surface area contributed by atoms with Gasteiger partial charge in [0.05, 0.1) is 6.54 Å². The van der Waals surface area contributed by atoms with Gasteiger partial charge in [-0.15, -0.1) is 0 Å². The first-order valence-corrected chi connectivity index (χ1v) is 7.56. The maximum Gasteiger partial charge on any atom is 0.191 e. The molecule has 0 atom stereocenters. The summed E-state index contributed by atoms with van der Waals surface area (Å²) in [6, 6.07) is 7.39. The van der Waals surface area contributed by atoms with Crippen molar-refractivity contribution in [1.82, 2.24) is 10.6 Å². The summed E-state index contributed by atoms with van der Waals surface area (Å²) in [7, 11) is 0. The Morgan fingerprint density at radius 2 is 2.05 bits per heavy atom. The number of hydrogen-bond acceptors (Lipinski definition) is 2. The normalized spacial score (nSPS) is 15.0. The highest BCUT2D eigenvalue weighted by molar-refractivity contribution is 6.30. The minimum atomic E-state index is 0.593. The molecular weight excluding hydrogens is 274 g/mol. The average molecular weight is 296 g/mol. The molecule has 1 saturated carbocycles. The van der Waals surface area contributed by atoms with Gasteiger partial charge in [0.1, 0.15) is 12.4 Å². The Labute approximate surface area is 125 Å². The summed E-state index contributed by atoms with van der Waals surface area (Å²) < 4.78 is 5.62. The van der Waals surface area contributed by atoms with Crippen LogP contribution in [0, 0.1) is 5.92 Å². The predicted octanol–water partition coefficient (Wildman–Crippen LogP) is 2.68. The van der Waals surface area contributed by atoms with Gasteiger partial charge in [0, 0.05) is 18.1 Å². The van der Waals surface area contributed by atoms with Gasteiger partial charge in [-0.2, -0.15) is 0 Å². The van der Waals surface area contributed by atoms with Crippen LogP contribution in [-0.4, -0.2) is 32.2 Å². The van der Waals surface area contributed by atoms with E-state index in [0.717, 1.165) is 42.3 Å². The van der Waals surface area contributed by atoms with Crippen LogP contribution in [0.5, 0.6) is 5.75 Å². The number of nitrogens with one attached hydrogen (secondary N) is 2. The average Bonchev–Trinajstić information content (AvgIpc) is 3.27. The molecule has 0 amide bonds. The van der Waals surface area contributed by atoms with Crippen molar-refractivity contribution in [2.75, 3.05) is 26.2 Å². The Kier molecular flexibility index (Phi) is 5.99. The van der Waals surface area contributed by atoms with Gasteiger partial charge in [-0.05, 0) is 49.9 Å². The number of benzene rings is 1. The number of halogens is 1. The Morgan fingerprint density at radius 3 is 2.70 bits per heavy atom. The number of hydrogen-bond donors (Lipinski definition) is 2. The van der Waals surface area contributed by atoms with Crippen LogP contribution in [0.2, 0.25) is 5.02 Å². The number of rotatable bonds is 7. The molecule has 1 fully saturated rings. The monoisotopic (exact) mass is 295 g/mol. The molecule has 1 aliphatic carbocycles. The fraction of sp³-hybridized carbons (Fsp3) is 0.533. The van der Waals surface area contributed by atoms with Crippen LogP contribution < -0.4 is 15.4 Å². The first-order chi connectivity index (χ1) is 9.78. The van der Waals surface area contributed by atoms with Crippen molar-refractivity contribution >= 4 is 17.6 Å². The first-order valence-electron chi connectivity index (χ1n) is 7.18. The summed E-state index contributed by atoms with van der Waals surface area (Å²) >= 11 is 5.82. The topological polar surface area (TPSA) is 45.7 Å². The molecule has 0 aliphatic heterocycles. The first kappa shape index (κ1) is 15.0. The fourth-order valence-electron chi connectivity index (χ4n) is 1.73. The summed E-state index contributed by atoms with van der Waals surface area (Å²) in [5.41, 5.74) is 0. The molecule has 1 aromatic carbocycles. The van der Waals surface area contributed by atoms with E-state index in [2.05, 4.69) is 22.5 Å². The van der Waals surface area contributed by atoms with Gasteiger partial charge in [-0.25, -0.2) is 0 Å². The molecule has 0 spiro atoms. The van der Waals surface area contributed by atoms with E-state index < -0.39 is 0 Å². The summed E-state index contributed by atoms with van der Waals surface area (Å²) in [6.45, 7) is 5.18. The van der Waals surface area contributed by atoms with Gasteiger partial charge in [0.15, 0.2) is 5.96 Å². The molecule has 5 heteroatoms. The lowest BCUT2D eigenvalue weighted by molar-refractivity contribution is 0.322. The highest BCUT2D eigenvalue weighted by Crippen LogP contribution is 2.28. The van der Waals surface area contributed by atoms with E-state index in [0.29, 0.717) is 6.61 Å². The molecule has 2 rings (SSSR count). The van der Waals surface area contributed by atoms with E-state index in [9.17, 15) is 0 Å². The Balaban J connectivity index is 1.66. The van der Waals surface area contributed by atoms with Crippen molar-refractivity contribution < 1.29 is 4.74 Å². The predicted molar refractivity (Wildman–Crippen MR) is 83.7 cm³/mol. The van der Waals surface area contributed by atoms with Crippen molar-refractivity contribution in [2.24, 2.45) is 10.9 Å². The van der Waals surface area contributed by atoms with Crippen molar-refractivity contribution in [2.45, 2.75) is 19.8 Å². The molecule has 0 bridgehead atoms. The third kappa shape index (κ3) is 5.70. The fourth-order valence-corrected chi connectivity index (χ4v) is 1.86. The van der Waals surface area contributed by atoms with Crippen molar-refractivity contribution in [1.29, 1.82) is 0 Å². The number of nitrogens with zero attached hydrogens (tertiary/aromatic N) is 1. The second-order valence-electron chi connectivity index (χ2n) is 4.89. The summed E-state index contributed by atoms with van der Waals surface area (Å²) in [6.07, 6.45) is 2.64. The van der Waals surface area contributed by atoms with E-state index >= 15 is 0 Å². The van der Waals surface area contributed by atoms with E-state index in [4.69, 9.17) is 16.3 Å². The van der Waals surface area contributed by atoms with Gasteiger partial charge in [-0.3, -0.25) is 4.99 Å². The van der Waals surface area contributed by atoms with Gasteiger partial charge in [0.25, 0.3) is 0 Å². The van der Waals surface area contributed by atoms with E-state index in [1.54, 1.807) is 0 Å². The molecule has 1 aromatic rings. The highest BCUT2D eigenvalue weighted by Gasteiger charge is 2.20. The lowest BCUT2D eigenvalue weighted by Gasteiger charge is -2.12. The molecule has 4 nitrogen and oxygen atoms in total. The van der Waals surface area contributed by atoms with E-state index in [1.165, 1.54) is 12.8 Å². The van der Waals surface area contributed by atoms with Crippen LogP contribution >= 0.6 is 11.6 Å². The van der Waals surface area contributed by atoms with Gasteiger partial charge in [0.2, 0.25) is 0 Å². The van der Waals surface area contributed by atoms with Gasteiger partial charge < -0.3 is 15.4 Å². The molecule has 20 heavy (non-hydrogen) atoms. The zero-order chi connectivity index (χ0) is 14.2. The minimum absolute atomic E-state index is 0.593. The summed E-state index contributed by atoms with van der Waals surface area (Å²) in [5, 5.41) is 7.23. The van der Waals surface area contributed by atoms with Crippen LogP contribution in [0.1, 0.15) is 19.8 Å². The Hall–Kier alpha value is -1.42. The van der Waals surface area contributed by atoms with Crippen molar-refractivity contribution in [3.05, 3.63) is 29.3 Å². The molecule has 0 heterocycles. The highest BCUT2D eigenvalue weighted by atomic mass is 35.5. The van der Waals surface area contributed by atoms with Crippen LogP contribution in [0.15, 0.2) is 29.3 Å². The quantitative estimate of drug-likeness (QED) is 0.462. The largest absolute Gasteiger partial charge is 0.492 e. The zero-order valence-electron chi connectivity index (χ0n) is 11.9. The minimum Gasteiger partial charge on any atom is -0.492 e. The molecule has 0 aromatic heterocycles. The number of aliphatic imine (C=N–C) groups is 1. The van der Waals surface area contributed by atoms with Crippen molar-refractivity contribution in [3.8, 4) is 5.75 Å². The maximum absolute atomic E-state index is 5.82. The second kappa shape index (κ2) is 8.00. The Morgan fingerprint density at radius 1 is 1.30 bits per heavy atom.